The highest BCUT2D eigenvalue weighted by Crippen LogP contribution is 2.41. The molecule has 0 bridgehead atoms. The standard InChI is InChI=1S/C25H21BrCl2N4O4S/c1-15-29-30-25(32(15)19-6-8-20(35-2)9-7-19)37-24(13-31(33)34)21-11-17(26)4-10-23(21)36-14-16-3-5-18(27)12-22(16)28/h3-12,24H,13-14H2,1-2H3/t24-/m1/s1. The van der Waals surface area contributed by atoms with Gasteiger partial charge in [0.2, 0.25) is 6.54 Å². The van der Waals surface area contributed by atoms with Crippen molar-refractivity contribution >= 4 is 50.9 Å². The minimum Gasteiger partial charge on any atom is -0.497 e. The van der Waals surface area contributed by atoms with Gasteiger partial charge in [0.1, 0.15) is 29.2 Å². The normalized spacial score (nSPS) is 11.8. The molecule has 0 aliphatic rings. The minimum absolute atomic E-state index is 0.168. The summed E-state index contributed by atoms with van der Waals surface area (Å²) >= 11 is 17.0. The number of nitro groups is 1. The SMILES string of the molecule is COc1ccc(-n2c(C)nnc2S[C@H](C[N+](=O)[O-])c2cc(Br)ccc2OCc2ccc(Cl)cc2Cl)cc1. The van der Waals surface area contributed by atoms with Gasteiger partial charge in [-0.15, -0.1) is 10.2 Å². The number of ether oxygens (including phenoxy) is 2. The summed E-state index contributed by atoms with van der Waals surface area (Å²) in [6, 6.07) is 18.0. The minimum atomic E-state index is -0.621. The number of aryl methyl sites for hydroxylation is 1. The molecule has 3 aromatic carbocycles. The number of benzene rings is 3. The van der Waals surface area contributed by atoms with Crippen LogP contribution in [-0.2, 0) is 6.61 Å². The van der Waals surface area contributed by atoms with Crippen LogP contribution in [0.25, 0.3) is 5.69 Å². The lowest BCUT2D eigenvalue weighted by atomic mass is 10.1. The zero-order chi connectivity index (χ0) is 26.5. The summed E-state index contributed by atoms with van der Waals surface area (Å²) in [5, 5.41) is 21.1. The first-order chi connectivity index (χ1) is 17.7. The Kier molecular flexibility index (Phi) is 8.96. The van der Waals surface area contributed by atoms with E-state index in [1.54, 1.807) is 31.4 Å². The van der Waals surface area contributed by atoms with Crippen molar-refractivity contribution in [1.29, 1.82) is 0 Å². The molecule has 0 fully saturated rings. The maximum atomic E-state index is 11.7. The van der Waals surface area contributed by atoms with Crippen LogP contribution >= 0.6 is 50.9 Å². The van der Waals surface area contributed by atoms with E-state index in [1.165, 1.54) is 11.8 Å². The highest BCUT2D eigenvalue weighted by atomic mass is 79.9. The van der Waals surface area contributed by atoms with E-state index in [1.807, 2.05) is 47.9 Å². The molecule has 0 saturated heterocycles. The maximum absolute atomic E-state index is 11.7. The van der Waals surface area contributed by atoms with Crippen molar-refractivity contribution < 1.29 is 14.4 Å². The molecule has 0 radical (unpaired) electrons. The average Bonchev–Trinajstić information content (AvgIpc) is 3.23. The Labute approximate surface area is 236 Å². The summed E-state index contributed by atoms with van der Waals surface area (Å²) in [7, 11) is 1.60. The Morgan fingerprint density at radius 1 is 1.11 bits per heavy atom. The topological polar surface area (TPSA) is 92.3 Å². The fraction of sp³-hybridized carbons (Fsp3) is 0.200. The van der Waals surface area contributed by atoms with Crippen molar-refractivity contribution in [3.8, 4) is 17.2 Å². The van der Waals surface area contributed by atoms with Gasteiger partial charge in [-0.1, -0.05) is 57.0 Å². The average molecular weight is 624 g/mol. The van der Waals surface area contributed by atoms with Gasteiger partial charge in [0.15, 0.2) is 5.16 Å². The summed E-state index contributed by atoms with van der Waals surface area (Å²) < 4.78 is 14.0. The van der Waals surface area contributed by atoms with E-state index >= 15 is 0 Å². The van der Waals surface area contributed by atoms with Crippen molar-refractivity contribution in [2.24, 2.45) is 0 Å². The molecular formula is C25H21BrCl2N4O4S. The number of halogens is 3. The second kappa shape index (κ2) is 12.2. The Bertz CT molecular complexity index is 1420. The van der Waals surface area contributed by atoms with E-state index in [2.05, 4.69) is 26.1 Å². The lowest BCUT2D eigenvalue weighted by Crippen LogP contribution is -2.13. The zero-order valence-electron chi connectivity index (χ0n) is 19.7. The molecule has 0 saturated carbocycles. The molecule has 1 aromatic heterocycles. The number of aromatic nitrogens is 3. The fourth-order valence-corrected chi connectivity index (χ4v) is 5.64. The van der Waals surface area contributed by atoms with E-state index in [9.17, 15) is 10.1 Å². The summed E-state index contributed by atoms with van der Waals surface area (Å²) in [6.45, 7) is 1.64. The van der Waals surface area contributed by atoms with Gasteiger partial charge in [-0.05, 0) is 61.5 Å². The summed E-state index contributed by atoms with van der Waals surface area (Å²) in [5.41, 5.74) is 2.20. The van der Waals surface area contributed by atoms with Crippen molar-refractivity contribution in [1.82, 2.24) is 14.8 Å². The predicted octanol–water partition coefficient (Wildman–Crippen LogP) is 7.34. The molecule has 4 rings (SSSR count). The van der Waals surface area contributed by atoms with Gasteiger partial charge in [-0.2, -0.15) is 0 Å². The molecule has 0 aliphatic heterocycles. The third-order valence-electron chi connectivity index (χ3n) is 5.41. The Morgan fingerprint density at radius 2 is 1.86 bits per heavy atom. The van der Waals surface area contributed by atoms with Gasteiger partial charge in [-0.3, -0.25) is 14.7 Å². The van der Waals surface area contributed by atoms with Crippen molar-refractivity contribution in [3.05, 3.63) is 102 Å². The lowest BCUT2D eigenvalue weighted by Gasteiger charge is -2.19. The van der Waals surface area contributed by atoms with Crippen LogP contribution < -0.4 is 9.47 Å². The van der Waals surface area contributed by atoms with Crippen molar-refractivity contribution in [3.63, 3.8) is 0 Å². The molecule has 0 N–H and O–H groups in total. The number of rotatable bonds is 10. The van der Waals surface area contributed by atoms with E-state index in [0.29, 0.717) is 38.1 Å². The van der Waals surface area contributed by atoms with Crippen LogP contribution in [0.2, 0.25) is 10.0 Å². The molecular weight excluding hydrogens is 603 g/mol. The molecule has 0 amide bonds. The molecule has 12 heteroatoms. The molecule has 0 aliphatic carbocycles. The van der Waals surface area contributed by atoms with Crippen LogP contribution in [-0.4, -0.2) is 33.3 Å². The lowest BCUT2D eigenvalue weighted by molar-refractivity contribution is -0.479. The predicted molar refractivity (Wildman–Crippen MR) is 148 cm³/mol. The number of thioether (sulfide) groups is 1. The van der Waals surface area contributed by atoms with Gasteiger partial charge < -0.3 is 9.47 Å². The van der Waals surface area contributed by atoms with E-state index in [-0.39, 0.29) is 18.1 Å². The fourth-order valence-electron chi connectivity index (χ4n) is 3.61. The monoisotopic (exact) mass is 622 g/mol. The molecule has 192 valence electrons. The first kappa shape index (κ1) is 27.3. The molecule has 4 aromatic rings. The quantitative estimate of drug-likeness (QED) is 0.104. The summed E-state index contributed by atoms with van der Waals surface area (Å²) in [5.74, 6) is 1.86. The highest BCUT2D eigenvalue weighted by Gasteiger charge is 2.27. The van der Waals surface area contributed by atoms with Gasteiger partial charge >= 0.3 is 0 Å². The molecule has 1 atom stereocenters. The third kappa shape index (κ3) is 6.75. The molecule has 8 nitrogen and oxygen atoms in total. The maximum Gasteiger partial charge on any atom is 0.220 e. The van der Waals surface area contributed by atoms with Crippen LogP contribution in [0.15, 0.2) is 70.3 Å². The van der Waals surface area contributed by atoms with E-state index < -0.39 is 5.25 Å². The first-order valence-electron chi connectivity index (χ1n) is 11.0. The number of methoxy groups -OCH3 is 1. The van der Waals surface area contributed by atoms with Crippen LogP contribution in [0, 0.1) is 17.0 Å². The Morgan fingerprint density at radius 3 is 2.54 bits per heavy atom. The molecule has 1 heterocycles. The van der Waals surface area contributed by atoms with E-state index in [4.69, 9.17) is 32.7 Å². The highest BCUT2D eigenvalue weighted by molar-refractivity contribution is 9.10. The van der Waals surface area contributed by atoms with Gasteiger partial charge in [0.25, 0.3) is 0 Å². The van der Waals surface area contributed by atoms with Crippen LogP contribution in [0.4, 0.5) is 0 Å². The van der Waals surface area contributed by atoms with Crippen LogP contribution in [0.1, 0.15) is 22.2 Å². The second-order valence-corrected chi connectivity index (χ2v) is 10.8. The van der Waals surface area contributed by atoms with Gasteiger partial charge in [0, 0.05) is 36.3 Å². The molecule has 0 spiro atoms. The first-order valence-corrected chi connectivity index (χ1v) is 13.4. The van der Waals surface area contributed by atoms with Crippen LogP contribution in [0.5, 0.6) is 11.5 Å². The van der Waals surface area contributed by atoms with Gasteiger partial charge in [-0.25, -0.2) is 0 Å². The molecule has 37 heavy (non-hydrogen) atoms. The van der Waals surface area contributed by atoms with E-state index in [0.717, 1.165) is 15.7 Å². The smallest absolute Gasteiger partial charge is 0.220 e. The van der Waals surface area contributed by atoms with Crippen LogP contribution in [0.3, 0.4) is 0 Å². The largest absolute Gasteiger partial charge is 0.497 e. The Balaban J connectivity index is 1.67. The number of hydrogen-bond acceptors (Lipinski definition) is 7. The molecule has 0 unspecified atom stereocenters. The van der Waals surface area contributed by atoms with Crippen molar-refractivity contribution in [2.75, 3.05) is 13.7 Å². The second-order valence-electron chi connectivity index (χ2n) is 7.89. The number of hydrogen-bond donors (Lipinski definition) is 0. The summed E-state index contributed by atoms with van der Waals surface area (Å²) in [6.07, 6.45) is 0. The van der Waals surface area contributed by atoms with Crippen molar-refractivity contribution in [2.45, 2.75) is 23.9 Å². The zero-order valence-corrected chi connectivity index (χ0v) is 23.6. The number of nitrogens with zero attached hydrogens (tertiary/aromatic N) is 4. The summed E-state index contributed by atoms with van der Waals surface area (Å²) in [4.78, 5) is 11.4. The third-order valence-corrected chi connectivity index (χ3v) is 7.65. The van der Waals surface area contributed by atoms with Gasteiger partial charge in [0.05, 0.1) is 7.11 Å². The Hall–Kier alpha value is -2.79.